The minimum absolute atomic E-state index is 0.115. The Morgan fingerprint density at radius 3 is 2.87 bits per heavy atom. The number of aliphatic hydroxyl groups is 1. The van der Waals surface area contributed by atoms with Crippen molar-refractivity contribution in [2.45, 2.75) is 57.5 Å². The molecule has 0 unspecified atom stereocenters. The third-order valence-electron chi connectivity index (χ3n) is 5.31. The third-order valence-corrected chi connectivity index (χ3v) is 5.31. The van der Waals surface area contributed by atoms with E-state index in [-0.39, 0.29) is 24.1 Å². The van der Waals surface area contributed by atoms with Crippen LogP contribution in [0.3, 0.4) is 0 Å². The molecule has 2 atom stereocenters. The molecule has 0 saturated carbocycles. The molecule has 2 rings (SSSR count). The Hall–Kier alpha value is -1.39. The zero-order valence-corrected chi connectivity index (χ0v) is 14.6. The number of benzene rings is 1. The quantitative estimate of drug-likeness (QED) is 0.813. The number of aliphatic hydroxyl groups excluding tert-OH is 1. The number of nitrogens with zero attached hydrogens (tertiary/aromatic N) is 1. The van der Waals surface area contributed by atoms with Gasteiger partial charge < -0.3 is 15.3 Å². The summed E-state index contributed by atoms with van der Waals surface area (Å²) in [5, 5.41) is 12.5. The topological polar surface area (TPSA) is 52.6 Å². The molecule has 0 aliphatic heterocycles. The van der Waals surface area contributed by atoms with Gasteiger partial charge in [0.1, 0.15) is 0 Å². The van der Waals surface area contributed by atoms with Crippen molar-refractivity contribution in [2.24, 2.45) is 0 Å². The molecule has 1 aliphatic carbocycles. The van der Waals surface area contributed by atoms with E-state index >= 15 is 0 Å². The van der Waals surface area contributed by atoms with Crippen LogP contribution in [0.5, 0.6) is 0 Å². The van der Waals surface area contributed by atoms with Crippen LogP contribution >= 0.6 is 0 Å². The first kappa shape index (κ1) is 18.0. The molecule has 0 saturated heterocycles. The molecule has 0 spiro atoms. The zero-order valence-electron chi connectivity index (χ0n) is 14.6. The van der Waals surface area contributed by atoms with Gasteiger partial charge in [0.15, 0.2) is 0 Å². The lowest BCUT2D eigenvalue weighted by Gasteiger charge is -2.35. The number of fused-ring (bicyclic) bond motifs is 1. The molecule has 4 heteroatoms. The summed E-state index contributed by atoms with van der Waals surface area (Å²) in [5.74, 6) is 0.115. The van der Waals surface area contributed by atoms with Crippen molar-refractivity contribution in [3.63, 3.8) is 0 Å². The molecule has 0 bridgehead atoms. The second kappa shape index (κ2) is 7.93. The van der Waals surface area contributed by atoms with Gasteiger partial charge in [0.2, 0.25) is 5.91 Å². The first-order valence-corrected chi connectivity index (χ1v) is 8.70. The van der Waals surface area contributed by atoms with Gasteiger partial charge in [-0.25, -0.2) is 0 Å². The lowest BCUT2D eigenvalue weighted by atomic mass is 9.87. The molecule has 23 heavy (non-hydrogen) atoms. The fourth-order valence-electron chi connectivity index (χ4n) is 3.36. The Bertz CT molecular complexity index is 532. The Kier molecular flexibility index (Phi) is 6.19. The Morgan fingerprint density at radius 2 is 2.17 bits per heavy atom. The predicted octanol–water partition coefficient (Wildman–Crippen LogP) is 2.66. The van der Waals surface area contributed by atoms with Crippen LogP contribution in [-0.2, 0) is 11.2 Å². The van der Waals surface area contributed by atoms with Crippen molar-refractivity contribution in [3.8, 4) is 0 Å². The number of aryl methyl sites for hydroxylation is 1. The van der Waals surface area contributed by atoms with Crippen LogP contribution in [0, 0.1) is 0 Å². The van der Waals surface area contributed by atoms with Crippen molar-refractivity contribution in [1.82, 2.24) is 10.2 Å². The summed E-state index contributed by atoms with van der Waals surface area (Å²) in [6, 6.07) is 8.64. The maximum Gasteiger partial charge on any atom is 0.236 e. The van der Waals surface area contributed by atoms with Crippen LogP contribution < -0.4 is 5.32 Å². The van der Waals surface area contributed by atoms with E-state index in [1.54, 1.807) is 0 Å². The van der Waals surface area contributed by atoms with Crippen LogP contribution in [0.1, 0.15) is 56.7 Å². The number of hydrogen-bond acceptors (Lipinski definition) is 3. The lowest BCUT2D eigenvalue weighted by Crippen LogP contribution is -2.48. The monoisotopic (exact) mass is 318 g/mol. The Labute approximate surface area is 139 Å². The summed E-state index contributed by atoms with van der Waals surface area (Å²) in [6.45, 7) is 4.59. The normalized spacial score (nSPS) is 19.7. The van der Waals surface area contributed by atoms with Gasteiger partial charge in [0, 0.05) is 19.2 Å². The average molecular weight is 318 g/mol. The molecule has 1 aliphatic rings. The van der Waals surface area contributed by atoms with Gasteiger partial charge in [-0.2, -0.15) is 0 Å². The van der Waals surface area contributed by atoms with Crippen LogP contribution in [0.2, 0.25) is 0 Å². The van der Waals surface area contributed by atoms with E-state index < -0.39 is 0 Å². The lowest BCUT2D eigenvalue weighted by molar-refractivity contribution is -0.131. The third kappa shape index (κ3) is 4.33. The molecule has 0 heterocycles. The van der Waals surface area contributed by atoms with Crippen molar-refractivity contribution in [2.75, 3.05) is 20.2 Å². The van der Waals surface area contributed by atoms with Gasteiger partial charge in [-0.3, -0.25) is 4.79 Å². The maximum absolute atomic E-state index is 12.6. The largest absolute Gasteiger partial charge is 0.396 e. The maximum atomic E-state index is 12.6. The molecule has 2 N–H and O–H groups in total. The molecule has 1 amide bonds. The van der Waals surface area contributed by atoms with Crippen LogP contribution in [0.15, 0.2) is 24.3 Å². The first-order chi connectivity index (χ1) is 11.0. The number of carbonyl (C=O) groups excluding carboxylic acids is 1. The minimum Gasteiger partial charge on any atom is -0.396 e. The van der Waals surface area contributed by atoms with E-state index in [4.69, 9.17) is 0 Å². The Balaban J connectivity index is 2.01. The van der Waals surface area contributed by atoms with Crippen LogP contribution in [-0.4, -0.2) is 41.7 Å². The summed E-state index contributed by atoms with van der Waals surface area (Å²) in [4.78, 5) is 14.5. The number of hydrogen-bond donors (Lipinski definition) is 2. The number of likely N-dealkylation sites (N-methyl/N-ethyl adjacent to an activating group) is 1. The molecular formula is C19H30N2O2. The molecular weight excluding hydrogens is 288 g/mol. The molecule has 1 aromatic rings. The number of carbonyl (C=O) groups is 1. The van der Waals surface area contributed by atoms with Crippen molar-refractivity contribution >= 4 is 5.91 Å². The highest BCUT2D eigenvalue weighted by atomic mass is 16.3. The molecule has 0 fully saturated rings. The second-order valence-electron chi connectivity index (χ2n) is 6.85. The summed E-state index contributed by atoms with van der Waals surface area (Å²) >= 11 is 0. The zero-order chi connectivity index (χ0) is 16.9. The van der Waals surface area contributed by atoms with E-state index in [9.17, 15) is 9.90 Å². The number of amides is 1. The highest BCUT2D eigenvalue weighted by molar-refractivity contribution is 5.78. The second-order valence-corrected chi connectivity index (χ2v) is 6.85. The fourth-order valence-corrected chi connectivity index (χ4v) is 3.36. The van der Waals surface area contributed by atoms with Gasteiger partial charge in [0.25, 0.3) is 0 Å². The molecule has 4 nitrogen and oxygen atoms in total. The molecule has 0 radical (unpaired) electrons. The standard InChI is InChI=1S/C19H30N2O2/c1-4-19(2,12-13-22)20-14-18(23)21(3)17-11-7-9-15-8-5-6-10-16(15)17/h5-6,8,10,17,20,22H,4,7,9,11-14H2,1-3H3/t17-,19+/m1/s1. The van der Waals surface area contributed by atoms with Crippen molar-refractivity contribution in [1.29, 1.82) is 0 Å². The van der Waals surface area contributed by atoms with E-state index in [0.717, 1.165) is 25.7 Å². The van der Waals surface area contributed by atoms with E-state index in [1.807, 2.05) is 11.9 Å². The highest BCUT2D eigenvalue weighted by Crippen LogP contribution is 2.33. The predicted molar refractivity (Wildman–Crippen MR) is 93.3 cm³/mol. The minimum atomic E-state index is -0.185. The van der Waals surface area contributed by atoms with Gasteiger partial charge in [-0.15, -0.1) is 0 Å². The SMILES string of the molecule is CC[C@@](C)(CCO)NCC(=O)N(C)[C@@H]1CCCc2ccccc21. The Morgan fingerprint density at radius 1 is 1.43 bits per heavy atom. The van der Waals surface area contributed by atoms with Gasteiger partial charge >= 0.3 is 0 Å². The average Bonchev–Trinajstić information content (AvgIpc) is 2.59. The summed E-state index contributed by atoms with van der Waals surface area (Å²) < 4.78 is 0. The summed E-state index contributed by atoms with van der Waals surface area (Å²) in [7, 11) is 1.91. The molecule has 1 aromatic carbocycles. The van der Waals surface area contributed by atoms with E-state index in [2.05, 4.69) is 43.4 Å². The number of rotatable bonds is 7. The molecule has 0 aromatic heterocycles. The van der Waals surface area contributed by atoms with Gasteiger partial charge in [-0.1, -0.05) is 31.2 Å². The summed E-state index contributed by atoms with van der Waals surface area (Å²) in [6.07, 6.45) is 4.81. The van der Waals surface area contributed by atoms with Crippen LogP contribution in [0.4, 0.5) is 0 Å². The van der Waals surface area contributed by atoms with Crippen molar-refractivity contribution < 1.29 is 9.90 Å². The number of nitrogens with one attached hydrogen (secondary N) is 1. The fraction of sp³-hybridized carbons (Fsp3) is 0.632. The van der Waals surface area contributed by atoms with Gasteiger partial charge in [0.05, 0.1) is 12.6 Å². The van der Waals surface area contributed by atoms with Crippen LogP contribution in [0.25, 0.3) is 0 Å². The van der Waals surface area contributed by atoms with E-state index in [0.29, 0.717) is 13.0 Å². The van der Waals surface area contributed by atoms with Crippen molar-refractivity contribution in [3.05, 3.63) is 35.4 Å². The summed E-state index contributed by atoms with van der Waals surface area (Å²) in [5.41, 5.74) is 2.48. The molecule has 128 valence electrons. The highest BCUT2D eigenvalue weighted by Gasteiger charge is 2.28. The van der Waals surface area contributed by atoms with Gasteiger partial charge in [-0.05, 0) is 50.2 Å². The van der Waals surface area contributed by atoms with E-state index in [1.165, 1.54) is 11.1 Å². The smallest absolute Gasteiger partial charge is 0.236 e. The first-order valence-electron chi connectivity index (χ1n) is 8.70.